The molecular weight excluding hydrogens is 268 g/mol. The molecule has 0 rings (SSSR count). The molecule has 0 saturated heterocycles. The highest BCUT2D eigenvalue weighted by Gasteiger charge is 2.64. The van der Waals surface area contributed by atoms with Gasteiger partial charge >= 0.3 is 6.18 Å². The van der Waals surface area contributed by atoms with E-state index in [-0.39, 0.29) is 13.3 Å². The van der Waals surface area contributed by atoms with E-state index in [4.69, 9.17) is 0 Å². The summed E-state index contributed by atoms with van der Waals surface area (Å²) in [5.41, 5.74) is -4.08. The van der Waals surface area contributed by atoms with E-state index in [0.29, 0.717) is 0 Å². The van der Waals surface area contributed by atoms with Gasteiger partial charge in [-0.05, 0) is 6.92 Å². The van der Waals surface area contributed by atoms with Gasteiger partial charge in [-0.25, -0.2) is 0 Å². The van der Waals surface area contributed by atoms with E-state index in [1.165, 1.54) is 5.32 Å². The molecule has 0 saturated carbocycles. The van der Waals surface area contributed by atoms with E-state index in [2.05, 4.69) is 6.58 Å². The highest BCUT2D eigenvalue weighted by Crippen LogP contribution is 2.45. The SMILES string of the molecule is C=C(NNC=O)NC(C)(C(F)(F)F)C(F)(F)P. The third kappa shape index (κ3) is 3.69. The van der Waals surface area contributed by atoms with Gasteiger partial charge in [0.05, 0.1) is 0 Å². The van der Waals surface area contributed by atoms with Crippen molar-refractivity contribution in [3.8, 4) is 0 Å². The van der Waals surface area contributed by atoms with Crippen LogP contribution in [0.5, 0.6) is 0 Å². The Balaban J connectivity index is 4.99. The molecule has 0 aliphatic rings. The average molecular weight is 279 g/mol. The fourth-order valence-electron chi connectivity index (χ4n) is 0.793. The predicted molar refractivity (Wildman–Crippen MR) is 53.7 cm³/mol. The fraction of sp³-hybridized carbons (Fsp3) is 0.571. The lowest BCUT2D eigenvalue weighted by Gasteiger charge is -2.38. The van der Waals surface area contributed by atoms with Crippen molar-refractivity contribution in [2.75, 3.05) is 0 Å². The number of hydrogen-bond donors (Lipinski definition) is 3. The smallest absolute Gasteiger partial charge is 0.352 e. The van der Waals surface area contributed by atoms with Crippen molar-refractivity contribution in [3.05, 3.63) is 12.4 Å². The number of nitrogens with one attached hydrogen (secondary N) is 3. The molecule has 0 spiro atoms. The van der Waals surface area contributed by atoms with Crippen molar-refractivity contribution in [2.45, 2.75) is 24.3 Å². The molecule has 17 heavy (non-hydrogen) atoms. The van der Waals surface area contributed by atoms with Gasteiger partial charge in [0.1, 0.15) is 5.82 Å². The van der Waals surface area contributed by atoms with E-state index in [9.17, 15) is 26.7 Å². The first-order valence-corrected chi connectivity index (χ1v) is 4.69. The molecular formula is C7H11F5N3OP. The first-order chi connectivity index (χ1) is 7.45. The summed E-state index contributed by atoms with van der Waals surface area (Å²) in [7, 11) is 0.811. The van der Waals surface area contributed by atoms with Gasteiger partial charge in [-0.15, -0.1) is 0 Å². The van der Waals surface area contributed by atoms with Crippen molar-refractivity contribution in [1.82, 2.24) is 16.2 Å². The number of hydrogen-bond acceptors (Lipinski definition) is 3. The minimum absolute atomic E-state index is 0.108. The summed E-state index contributed by atoms with van der Waals surface area (Å²) in [5.74, 6) is -0.626. The van der Waals surface area contributed by atoms with Gasteiger partial charge in [-0.1, -0.05) is 15.8 Å². The second-order valence-electron chi connectivity index (χ2n) is 3.24. The van der Waals surface area contributed by atoms with Gasteiger partial charge in [0.2, 0.25) is 6.41 Å². The molecule has 0 aromatic carbocycles. The van der Waals surface area contributed by atoms with E-state index < -0.39 is 23.2 Å². The number of rotatable bonds is 6. The number of carbonyl (C=O) groups is 1. The second-order valence-corrected chi connectivity index (χ2v) is 3.96. The van der Waals surface area contributed by atoms with Gasteiger partial charge in [0, 0.05) is 0 Å². The topological polar surface area (TPSA) is 53.2 Å². The molecule has 2 unspecified atom stereocenters. The van der Waals surface area contributed by atoms with Crippen molar-refractivity contribution in [1.29, 1.82) is 0 Å². The molecule has 10 heteroatoms. The minimum atomic E-state index is -5.23. The molecule has 4 nitrogen and oxygen atoms in total. The molecule has 0 aromatic rings. The van der Waals surface area contributed by atoms with Crippen molar-refractivity contribution in [2.24, 2.45) is 0 Å². The lowest BCUT2D eigenvalue weighted by molar-refractivity contribution is -0.232. The molecule has 0 fully saturated rings. The Morgan fingerprint density at radius 1 is 1.29 bits per heavy atom. The minimum Gasteiger partial charge on any atom is -0.352 e. The Kier molecular flexibility index (Phi) is 4.70. The third-order valence-electron chi connectivity index (χ3n) is 1.92. The molecule has 0 radical (unpaired) electrons. The summed E-state index contributed by atoms with van der Waals surface area (Å²) in [6.45, 7) is 3.29. The molecule has 100 valence electrons. The zero-order chi connectivity index (χ0) is 13.9. The normalized spacial score (nSPS) is 15.7. The third-order valence-corrected chi connectivity index (χ3v) is 2.49. The number of carbonyl (C=O) groups excluding carboxylic acids is 1. The van der Waals surface area contributed by atoms with Crippen LogP contribution in [0.2, 0.25) is 0 Å². The Morgan fingerprint density at radius 3 is 2.06 bits per heavy atom. The van der Waals surface area contributed by atoms with E-state index in [1.54, 1.807) is 5.43 Å². The Bertz CT molecular complexity index is 287. The van der Waals surface area contributed by atoms with E-state index >= 15 is 0 Å². The zero-order valence-electron chi connectivity index (χ0n) is 8.66. The summed E-state index contributed by atoms with van der Waals surface area (Å²) in [4.78, 5) is 9.85. The Morgan fingerprint density at radius 2 is 1.76 bits per heavy atom. The van der Waals surface area contributed by atoms with Gasteiger partial charge in [0.25, 0.3) is 5.66 Å². The summed E-state index contributed by atoms with van der Waals surface area (Å²) in [5, 5.41) is 1.49. The molecule has 0 bridgehead atoms. The maximum absolute atomic E-state index is 13.0. The molecule has 0 heterocycles. The Hall–Kier alpha value is -1.11. The molecule has 0 aliphatic carbocycles. The van der Waals surface area contributed by atoms with E-state index in [0.717, 1.165) is 9.24 Å². The molecule has 3 N–H and O–H groups in total. The van der Waals surface area contributed by atoms with Crippen LogP contribution in [0.1, 0.15) is 6.92 Å². The lowest BCUT2D eigenvalue weighted by atomic mass is 10.0. The molecule has 0 aromatic heterocycles. The first-order valence-electron chi connectivity index (χ1n) is 4.11. The quantitative estimate of drug-likeness (QED) is 0.295. The lowest BCUT2D eigenvalue weighted by Crippen LogP contribution is -2.64. The number of amides is 1. The summed E-state index contributed by atoms with van der Waals surface area (Å²) >= 11 is 0. The van der Waals surface area contributed by atoms with Gasteiger partial charge in [0.15, 0.2) is 5.54 Å². The van der Waals surface area contributed by atoms with Crippen LogP contribution in [0.25, 0.3) is 0 Å². The highest BCUT2D eigenvalue weighted by molar-refractivity contribution is 7.18. The molecule has 1 amide bonds. The van der Waals surface area contributed by atoms with Crippen LogP contribution >= 0.6 is 9.24 Å². The summed E-state index contributed by atoms with van der Waals surface area (Å²) < 4.78 is 63.6. The largest absolute Gasteiger partial charge is 0.417 e. The number of alkyl halides is 5. The summed E-state index contributed by atoms with van der Waals surface area (Å²) in [6.07, 6.45) is -5.12. The van der Waals surface area contributed by atoms with Crippen LogP contribution in [0.15, 0.2) is 12.4 Å². The van der Waals surface area contributed by atoms with Crippen molar-refractivity contribution in [3.63, 3.8) is 0 Å². The molecule has 0 aliphatic heterocycles. The predicted octanol–water partition coefficient (Wildman–Crippen LogP) is 1.09. The van der Waals surface area contributed by atoms with Crippen LogP contribution in [-0.4, -0.2) is 23.8 Å². The van der Waals surface area contributed by atoms with Crippen molar-refractivity contribution >= 4 is 15.6 Å². The Labute approximate surface area is 96.2 Å². The maximum Gasteiger partial charge on any atom is 0.417 e. The van der Waals surface area contributed by atoms with E-state index in [1.807, 2.05) is 5.43 Å². The van der Waals surface area contributed by atoms with Crippen LogP contribution in [0.4, 0.5) is 22.0 Å². The first kappa shape index (κ1) is 15.9. The number of halogens is 5. The second kappa shape index (κ2) is 5.03. The van der Waals surface area contributed by atoms with Crippen molar-refractivity contribution < 1.29 is 26.7 Å². The average Bonchev–Trinajstić information content (AvgIpc) is 2.10. The summed E-state index contributed by atoms with van der Waals surface area (Å²) in [6, 6.07) is 0. The van der Waals surface area contributed by atoms with Gasteiger partial charge < -0.3 is 5.32 Å². The standard InChI is InChI=1S/C7H11F5N3OP/c1-4(15-13-3-16)14-5(2,6(8,9)10)7(11,12)17/h3,14-15H,1,17H2,2H3,(H,13,16). The van der Waals surface area contributed by atoms with Crippen LogP contribution < -0.4 is 16.2 Å². The van der Waals surface area contributed by atoms with Gasteiger partial charge in [-0.3, -0.25) is 15.6 Å². The van der Waals surface area contributed by atoms with Gasteiger partial charge in [-0.2, -0.15) is 22.0 Å². The maximum atomic E-state index is 13.0. The van der Waals surface area contributed by atoms with Crippen LogP contribution in [0, 0.1) is 0 Å². The fourth-order valence-corrected chi connectivity index (χ4v) is 1.03. The number of hydrazine groups is 1. The van der Waals surface area contributed by atoms with Crippen LogP contribution in [0.3, 0.4) is 0 Å². The molecule has 2 atom stereocenters. The monoisotopic (exact) mass is 279 g/mol. The van der Waals surface area contributed by atoms with Crippen LogP contribution in [-0.2, 0) is 4.79 Å². The highest BCUT2D eigenvalue weighted by atomic mass is 31.0. The zero-order valence-corrected chi connectivity index (χ0v) is 9.81.